The molecule has 1 aliphatic heterocycles. The average molecular weight is 259 g/mol. The first-order valence-electron chi connectivity index (χ1n) is 6.55. The second kappa shape index (κ2) is 4.96. The molecule has 0 spiro atoms. The summed E-state index contributed by atoms with van der Waals surface area (Å²) in [7, 11) is 1.85. The fourth-order valence-corrected chi connectivity index (χ4v) is 2.09. The molecule has 1 heterocycles. The molecule has 19 heavy (non-hydrogen) atoms. The van der Waals surface area contributed by atoms with Gasteiger partial charge in [0.15, 0.2) is 11.5 Å². The van der Waals surface area contributed by atoms with Crippen molar-refractivity contribution in [2.45, 2.75) is 12.8 Å². The first kappa shape index (κ1) is 12.1. The van der Waals surface area contributed by atoms with Crippen LogP contribution < -0.4 is 9.47 Å². The monoisotopic (exact) mass is 259 g/mol. The van der Waals surface area contributed by atoms with E-state index in [4.69, 9.17) is 9.47 Å². The highest BCUT2D eigenvalue weighted by molar-refractivity contribution is 5.91. The van der Waals surface area contributed by atoms with Crippen molar-refractivity contribution < 1.29 is 14.3 Å². The Morgan fingerprint density at radius 1 is 1.37 bits per heavy atom. The minimum absolute atomic E-state index is 0.0459. The van der Waals surface area contributed by atoms with Gasteiger partial charge >= 0.3 is 0 Å². The molecule has 0 atom stereocenters. The van der Waals surface area contributed by atoms with Gasteiger partial charge in [-0.2, -0.15) is 0 Å². The maximum absolute atomic E-state index is 11.9. The second-order valence-electron chi connectivity index (χ2n) is 5.11. The van der Waals surface area contributed by atoms with E-state index in [0.717, 1.165) is 23.6 Å². The van der Waals surface area contributed by atoms with E-state index in [9.17, 15) is 4.79 Å². The number of likely N-dealkylation sites (N-methyl/N-ethyl adjacent to an activating group) is 1. The molecule has 1 amide bonds. The van der Waals surface area contributed by atoms with Gasteiger partial charge in [0.2, 0.25) is 12.7 Å². The van der Waals surface area contributed by atoms with Gasteiger partial charge in [0, 0.05) is 19.7 Å². The molecule has 1 aromatic carbocycles. The lowest BCUT2D eigenvalue weighted by atomic mass is 10.2. The summed E-state index contributed by atoms with van der Waals surface area (Å²) in [5.74, 6) is 2.26. The molecule has 0 bridgehead atoms. The van der Waals surface area contributed by atoms with E-state index < -0.39 is 0 Å². The third kappa shape index (κ3) is 2.89. The topological polar surface area (TPSA) is 38.8 Å². The van der Waals surface area contributed by atoms with Gasteiger partial charge in [0.05, 0.1) is 0 Å². The SMILES string of the molecule is CN(CC1CC1)C(=O)/C=C/c1ccc2c(c1)OCO2. The maximum Gasteiger partial charge on any atom is 0.246 e. The van der Waals surface area contributed by atoms with E-state index in [1.165, 1.54) is 12.8 Å². The molecule has 0 N–H and O–H groups in total. The van der Waals surface area contributed by atoms with E-state index in [0.29, 0.717) is 5.92 Å². The number of rotatable bonds is 4. The lowest BCUT2D eigenvalue weighted by Crippen LogP contribution is -2.26. The van der Waals surface area contributed by atoms with Gasteiger partial charge in [-0.25, -0.2) is 0 Å². The van der Waals surface area contributed by atoms with Gasteiger partial charge in [-0.05, 0) is 42.5 Å². The number of amides is 1. The summed E-state index contributed by atoms with van der Waals surface area (Å²) in [5, 5.41) is 0. The molecule has 1 aliphatic carbocycles. The minimum atomic E-state index is 0.0459. The summed E-state index contributed by atoms with van der Waals surface area (Å²) in [4.78, 5) is 13.7. The first-order chi connectivity index (χ1) is 9.22. The van der Waals surface area contributed by atoms with Gasteiger partial charge in [-0.1, -0.05) is 6.07 Å². The summed E-state index contributed by atoms with van der Waals surface area (Å²) in [5.41, 5.74) is 0.942. The zero-order chi connectivity index (χ0) is 13.2. The number of carbonyl (C=O) groups is 1. The molecule has 2 aliphatic rings. The smallest absolute Gasteiger partial charge is 0.246 e. The van der Waals surface area contributed by atoms with Crippen molar-refractivity contribution in [1.29, 1.82) is 0 Å². The standard InChI is InChI=1S/C15H17NO3/c1-16(9-12-2-3-12)15(17)7-5-11-4-6-13-14(8-11)19-10-18-13/h4-8,12H,2-3,9-10H2,1H3/b7-5+. The fourth-order valence-electron chi connectivity index (χ4n) is 2.09. The molecular weight excluding hydrogens is 242 g/mol. The Bertz CT molecular complexity index is 520. The van der Waals surface area contributed by atoms with Crippen molar-refractivity contribution in [3.8, 4) is 11.5 Å². The van der Waals surface area contributed by atoms with Gasteiger partial charge < -0.3 is 14.4 Å². The molecule has 0 radical (unpaired) electrons. The van der Waals surface area contributed by atoms with Crippen LogP contribution in [0.15, 0.2) is 24.3 Å². The molecule has 4 heteroatoms. The lowest BCUT2D eigenvalue weighted by molar-refractivity contribution is -0.124. The molecular formula is C15H17NO3. The van der Waals surface area contributed by atoms with Crippen LogP contribution >= 0.6 is 0 Å². The van der Waals surface area contributed by atoms with Crippen LogP contribution in [0.3, 0.4) is 0 Å². The van der Waals surface area contributed by atoms with Crippen LogP contribution in [0.4, 0.5) is 0 Å². The number of fused-ring (bicyclic) bond motifs is 1. The van der Waals surface area contributed by atoms with Gasteiger partial charge in [-0.15, -0.1) is 0 Å². The van der Waals surface area contributed by atoms with Crippen LogP contribution in [0, 0.1) is 5.92 Å². The Morgan fingerprint density at radius 3 is 2.95 bits per heavy atom. The van der Waals surface area contributed by atoms with E-state index in [2.05, 4.69) is 0 Å². The highest BCUT2D eigenvalue weighted by Crippen LogP contribution is 2.33. The normalized spacial score (nSPS) is 16.9. The molecule has 0 aromatic heterocycles. The first-order valence-corrected chi connectivity index (χ1v) is 6.55. The summed E-state index contributed by atoms with van der Waals surface area (Å²) in [6.07, 6.45) is 5.93. The number of carbonyl (C=O) groups excluding carboxylic acids is 1. The summed E-state index contributed by atoms with van der Waals surface area (Å²) < 4.78 is 10.5. The summed E-state index contributed by atoms with van der Waals surface area (Å²) >= 11 is 0. The predicted octanol–water partition coefficient (Wildman–Crippen LogP) is 2.30. The van der Waals surface area contributed by atoms with Crippen LogP contribution in [0.1, 0.15) is 18.4 Å². The Kier molecular flexibility index (Phi) is 3.15. The Morgan fingerprint density at radius 2 is 2.16 bits per heavy atom. The Balaban J connectivity index is 1.63. The van der Waals surface area contributed by atoms with E-state index in [1.54, 1.807) is 11.0 Å². The third-order valence-corrected chi connectivity index (χ3v) is 3.42. The number of hydrogen-bond donors (Lipinski definition) is 0. The van der Waals surface area contributed by atoms with Gasteiger partial charge in [0.1, 0.15) is 0 Å². The molecule has 1 fully saturated rings. The minimum Gasteiger partial charge on any atom is -0.454 e. The van der Waals surface area contributed by atoms with Crippen molar-refractivity contribution >= 4 is 12.0 Å². The molecule has 1 saturated carbocycles. The van der Waals surface area contributed by atoms with E-state index >= 15 is 0 Å². The predicted molar refractivity (Wildman–Crippen MR) is 72.0 cm³/mol. The van der Waals surface area contributed by atoms with Crippen molar-refractivity contribution in [3.05, 3.63) is 29.8 Å². The zero-order valence-electron chi connectivity index (χ0n) is 11.0. The number of ether oxygens (including phenoxy) is 2. The van der Waals surface area contributed by atoms with Crippen molar-refractivity contribution in [2.24, 2.45) is 5.92 Å². The molecule has 0 unspecified atom stereocenters. The highest BCUT2D eigenvalue weighted by Gasteiger charge is 2.24. The third-order valence-electron chi connectivity index (χ3n) is 3.42. The number of hydrogen-bond acceptors (Lipinski definition) is 3. The quantitative estimate of drug-likeness (QED) is 0.779. The average Bonchev–Trinajstić information content (AvgIpc) is 3.10. The van der Waals surface area contributed by atoms with Crippen LogP contribution in [0.2, 0.25) is 0 Å². The maximum atomic E-state index is 11.9. The summed E-state index contributed by atoms with van der Waals surface area (Å²) in [6.45, 7) is 1.13. The number of nitrogens with zero attached hydrogens (tertiary/aromatic N) is 1. The zero-order valence-corrected chi connectivity index (χ0v) is 11.0. The van der Waals surface area contributed by atoms with E-state index in [1.807, 2.05) is 31.3 Å². The number of benzene rings is 1. The van der Waals surface area contributed by atoms with Crippen molar-refractivity contribution in [1.82, 2.24) is 4.90 Å². The Labute approximate surface area is 112 Å². The fraction of sp³-hybridized carbons (Fsp3) is 0.400. The molecule has 0 saturated heterocycles. The summed E-state index contributed by atoms with van der Waals surface area (Å²) in [6, 6.07) is 5.66. The largest absolute Gasteiger partial charge is 0.454 e. The van der Waals surface area contributed by atoms with Crippen LogP contribution in [-0.4, -0.2) is 31.2 Å². The molecule has 100 valence electrons. The molecule has 4 nitrogen and oxygen atoms in total. The van der Waals surface area contributed by atoms with Gasteiger partial charge in [-0.3, -0.25) is 4.79 Å². The lowest BCUT2D eigenvalue weighted by Gasteiger charge is -2.13. The van der Waals surface area contributed by atoms with Gasteiger partial charge in [0.25, 0.3) is 0 Å². The van der Waals surface area contributed by atoms with E-state index in [-0.39, 0.29) is 12.7 Å². The van der Waals surface area contributed by atoms with Crippen LogP contribution in [0.5, 0.6) is 11.5 Å². The molecule has 1 aromatic rings. The van der Waals surface area contributed by atoms with Crippen molar-refractivity contribution in [2.75, 3.05) is 20.4 Å². The molecule has 3 rings (SSSR count). The Hall–Kier alpha value is -1.97. The second-order valence-corrected chi connectivity index (χ2v) is 5.11. The van der Waals surface area contributed by atoms with Crippen LogP contribution in [-0.2, 0) is 4.79 Å². The van der Waals surface area contributed by atoms with Crippen LogP contribution in [0.25, 0.3) is 6.08 Å². The highest BCUT2D eigenvalue weighted by atomic mass is 16.7. The van der Waals surface area contributed by atoms with Crippen molar-refractivity contribution in [3.63, 3.8) is 0 Å².